The van der Waals surface area contributed by atoms with E-state index in [0.717, 1.165) is 37.9 Å². The van der Waals surface area contributed by atoms with Crippen LogP contribution in [0.4, 0.5) is 0 Å². The highest BCUT2D eigenvalue weighted by Gasteiger charge is 2.40. The molecule has 0 bridgehead atoms. The van der Waals surface area contributed by atoms with Gasteiger partial charge in [0.1, 0.15) is 5.60 Å². The molecular formula is C15H27N3O2. The third-order valence-corrected chi connectivity index (χ3v) is 4.54. The van der Waals surface area contributed by atoms with Crippen LogP contribution in [0.3, 0.4) is 0 Å². The fourth-order valence-corrected chi connectivity index (χ4v) is 3.17. The van der Waals surface area contributed by atoms with Crippen LogP contribution in [0.2, 0.25) is 0 Å². The third-order valence-electron chi connectivity index (χ3n) is 4.54. The Bertz CT molecular complexity index is 417. The second kappa shape index (κ2) is 6.68. The summed E-state index contributed by atoms with van der Waals surface area (Å²) in [6.07, 6.45) is 6.19. The van der Waals surface area contributed by atoms with Gasteiger partial charge in [0.25, 0.3) is 0 Å². The van der Waals surface area contributed by atoms with E-state index in [1.54, 1.807) is 7.11 Å². The van der Waals surface area contributed by atoms with E-state index in [1.807, 2.05) is 7.05 Å². The smallest absolute Gasteiger partial charge is 0.228 e. The van der Waals surface area contributed by atoms with Crippen molar-refractivity contribution in [3.05, 3.63) is 11.7 Å². The topological polar surface area (TPSA) is 60.2 Å². The minimum atomic E-state index is -0.346. The lowest BCUT2D eigenvalue weighted by molar-refractivity contribution is -0.0658. The molecule has 114 valence electrons. The average molecular weight is 281 g/mol. The van der Waals surface area contributed by atoms with Crippen LogP contribution in [0.5, 0.6) is 0 Å². The lowest BCUT2D eigenvalue weighted by Gasteiger charge is -2.36. The maximum Gasteiger partial charge on any atom is 0.228 e. The Hall–Kier alpha value is -0.940. The molecule has 0 saturated heterocycles. The molecule has 0 radical (unpaired) electrons. The molecule has 1 aromatic rings. The Labute approximate surface area is 121 Å². The lowest BCUT2D eigenvalue weighted by Crippen LogP contribution is -2.35. The number of methoxy groups -OCH3 is 1. The summed E-state index contributed by atoms with van der Waals surface area (Å²) in [6, 6.07) is 0.382. The van der Waals surface area contributed by atoms with Crippen molar-refractivity contribution in [2.75, 3.05) is 14.2 Å². The van der Waals surface area contributed by atoms with Gasteiger partial charge in [-0.25, -0.2) is 0 Å². The van der Waals surface area contributed by atoms with Crippen molar-refractivity contribution in [1.82, 2.24) is 15.5 Å². The zero-order chi connectivity index (χ0) is 14.6. The lowest BCUT2D eigenvalue weighted by atomic mass is 9.78. The van der Waals surface area contributed by atoms with Gasteiger partial charge in [0, 0.05) is 19.6 Å². The Balaban J connectivity index is 2.13. The molecule has 1 aliphatic carbocycles. The predicted molar refractivity (Wildman–Crippen MR) is 77.5 cm³/mol. The molecule has 20 heavy (non-hydrogen) atoms. The zero-order valence-corrected chi connectivity index (χ0v) is 13.1. The number of rotatable bonds is 6. The molecule has 2 rings (SSSR count). The van der Waals surface area contributed by atoms with Crippen LogP contribution in [-0.4, -0.2) is 30.3 Å². The summed E-state index contributed by atoms with van der Waals surface area (Å²) in [6.45, 7) is 4.42. The van der Waals surface area contributed by atoms with E-state index in [4.69, 9.17) is 9.26 Å². The molecule has 1 aromatic heterocycles. The largest absolute Gasteiger partial charge is 0.370 e. The van der Waals surface area contributed by atoms with Crippen molar-refractivity contribution in [3.8, 4) is 0 Å². The number of likely N-dealkylation sites (N-methyl/N-ethyl adjacent to an activating group) is 1. The van der Waals surface area contributed by atoms with Gasteiger partial charge in [0.2, 0.25) is 11.7 Å². The van der Waals surface area contributed by atoms with Gasteiger partial charge in [-0.2, -0.15) is 4.98 Å². The van der Waals surface area contributed by atoms with Gasteiger partial charge in [0.05, 0.1) is 0 Å². The summed E-state index contributed by atoms with van der Waals surface area (Å²) in [7, 11) is 3.72. The van der Waals surface area contributed by atoms with E-state index in [9.17, 15) is 0 Å². The summed E-state index contributed by atoms with van der Waals surface area (Å²) in [5.41, 5.74) is -0.346. The van der Waals surface area contributed by atoms with E-state index >= 15 is 0 Å². The second-order valence-electron chi connectivity index (χ2n) is 6.01. The van der Waals surface area contributed by atoms with Crippen molar-refractivity contribution in [2.24, 2.45) is 5.92 Å². The molecule has 1 N–H and O–H groups in total. The van der Waals surface area contributed by atoms with Crippen molar-refractivity contribution in [2.45, 2.75) is 64.0 Å². The molecular weight excluding hydrogens is 254 g/mol. The van der Waals surface area contributed by atoms with E-state index in [-0.39, 0.29) is 5.60 Å². The SMILES string of the molecule is CCC(Cc1nc(C2(OC)CCCC(C)C2)no1)NC. The quantitative estimate of drug-likeness (QED) is 0.868. The average Bonchev–Trinajstić information content (AvgIpc) is 2.93. The first kappa shape index (κ1) is 15.4. The maximum absolute atomic E-state index is 5.81. The van der Waals surface area contributed by atoms with Crippen LogP contribution in [0.15, 0.2) is 4.52 Å². The highest BCUT2D eigenvalue weighted by Crippen LogP contribution is 2.41. The van der Waals surface area contributed by atoms with Crippen LogP contribution in [0, 0.1) is 5.92 Å². The number of ether oxygens (including phenoxy) is 1. The molecule has 1 heterocycles. The highest BCUT2D eigenvalue weighted by molar-refractivity contribution is 5.04. The Morgan fingerprint density at radius 1 is 1.55 bits per heavy atom. The molecule has 1 aliphatic rings. The molecule has 3 atom stereocenters. The number of nitrogens with zero attached hydrogens (tertiary/aromatic N) is 2. The molecule has 5 heteroatoms. The maximum atomic E-state index is 5.81. The summed E-state index contributed by atoms with van der Waals surface area (Å²) in [5.74, 6) is 2.08. The molecule has 3 unspecified atom stereocenters. The standard InChI is InChI=1S/C15H27N3O2/c1-5-12(16-3)9-13-17-14(18-20-13)15(19-4)8-6-7-11(2)10-15/h11-12,16H,5-10H2,1-4H3. The van der Waals surface area contributed by atoms with Crippen molar-refractivity contribution in [1.29, 1.82) is 0 Å². The number of hydrogen-bond acceptors (Lipinski definition) is 5. The minimum absolute atomic E-state index is 0.346. The van der Waals surface area contributed by atoms with Crippen LogP contribution in [0.1, 0.15) is 57.7 Å². The van der Waals surface area contributed by atoms with E-state index in [2.05, 4.69) is 29.3 Å². The molecule has 0 aromatic carbocycles. The van der Waals surface area contributed by atoms with Gasteiger partial charge in [-0.05, 0) is 38.6 Å². The van der Waals surface area contributed by atoms with E-state index < -0.39 is 0 Å². The summed E-state index contributed by atoms with van der Waals surface area (Å²) >= 11 is 0. The Morgan fingerprint density at radius 2 is 2.35 bits per heavy atom. The van der Waals surface area contributed by atoms with Crippen molar-refractivity contribution < 1.29 is 9.26 Å². The molecule has 5 nitrogen and oxygen atoms in total. The molecule has 1 saturated carbocycles. The summed E-state index contributed by atoms with van der Waals surface area (Å²) < 4.78 is 11.2. The highest BCUT2D eigenvalue weighted by atomic mass is 16.5. The number of nitrogens with one attached hydrogen (secondary N) is 1. The first-order valence-electron chi connectivity index (χ1n) is 7.69. The van der Waals surface area contributed by atoms with E-state index in [0.29, 0.717) is 17.9 Å². The minimum Gasteiger partial charge on any atom is -0.370 e. The van der Waals surface area contributed by atoms with Gasteiger partial charge in [0.15, 0.2) is 0 Å². The van der Waals surface area contributed by atoms with Crippen molar-refractivity contribution >= 4 is 0 Å². The van der Waals surface area contributed by atoms with Gasteiger partial charge in [-0.1, -0.05) is 25.4 Å². The van der Waals surface area contributed by atoms with Crippen LogP contribution < -0.4 is 5.32 Å². The molecule has 1 fully saturated rings. The number of hydrogen-bond donors (Lipinski definition) is 1. The Kier molecular flexibility index (Phi) is 5.16. The fraction of sp³-hybridized carbons (Fsp3) is 0.867. The van der Waals surface area contributed by atoms with Crippen molar-refractivity contribution in [3.63, 3.8) is 0 Å². The summed E-state index contributed by atoms with van der Waals surface area (Å²) in [5, 5.41) is 7.46. The van der Waals surface area contributed by atoms with Crippen LogP contribution in [-0.2, 0) is 16.8 Å². The van der Waals surface area contributed by atoms with Gasteiger partial charge < -0.3 is 14.6 Å². The van der Waals surface area contributed by atoms with Gasteiger partial charge in [-0.15, -0.1) is 0 Å². The van der Waals surface area contributed by atoms with Crippen LogP contribution >= 0.6 is 0 Å². The number of aromatic nitrogens is 2. The molecule has 0 spiro atoms. The predicted octanol–water partition coefficient (Wildman–Crippen LogP) is 2.66. The fourth-order valence-electron chi connectivity index (χ4n) is 3.17. The monoisotopic (exact) mass is 281 g/mol. The Morgan fingerprint density at radius 3 is 2.95 bits per heavy atom. The zero-order valence-electron chi connectivity index (χ0n) is 13.1. The first-order valence-corrected chi connectivity index (χ1v) is 7.69. The third kappa shape index (κ3) is 3.20. The molecule has 0 aliphatic heterocycles. The van der Waals surface area contributed by atoms with Crippen LogP contribution in [0.25, 0.3) is 0 Å². The first-order chi connectivity index (χ1) is 9.63. The van der Waals surface area contributed by atoms with E-state index in [1.165, 1.54) is 6.42 Å². The normalized spacial score (nSPS) is 28.5. The summed E-state index contributed by atoms with van der Waals surface area (Å²) in [4.78, 5) is 4.60. The van der Waals surface area contributed by atoms with Gasteiger partial charge >= 0.3 is 0 Å². The molecule has 0 amide bonds. The second-order valence-corrected chi connectivity index (χ2v) is 6.01. The van der Waals surface area contributed by atoms with Gasteiger partial charge in [-0.3, -0.25) is 0 Å².